The van der Waals surface area contributed by atoms with Gasteiger partial charge in [0, 0.05) is 0 Å². The summed E-state index contributed by atoms with van der Waals surface area (Å²) in [5.74, 6) is -0.816. The molecule has 1 rings (SSSR count). The van der Waals surface area contributed by atoms with Gasteiger partial charge in [0.2, 0.25) is 0 Å². The largest absolute Gasteiger partial charge is 0.394 e. The number of carbonyl (C=O) groups excluding carboxylic acids is 1. The highest BCUT2D eigenvalue weighted by atomic mass is 16.6. The van der Waals surface area contributed by atoms with Crippen LogP contribution in [0, 0.1) is 0 Å². The summed E-state index contributed by atoms with van der Waals surface area (Å²) in [4.78, 5) is 10.9. The van der Waals surface area contributed by atoms with E-state index in [0.29, 0.717) is 0 Å². The lowest BCUT2D eigenvalue weighted by Crippen LogP contribution is -2.36. The molecule has 0 aromatic carbocycles. The number of carbonyl (C=O) groups is 1. The van der Waals surface area contributed by atoms with Crippen LogP contribution in [0.15, 0.2) is 0 Å². The van der Waals surface area contributed by atoms with Crippen LogP contribution in [0.2, 0.25) is 0 Å². The predicted molar refractivity (Wildman–Crippen MR) is 35.0 cm³/mol. The first-order valence-corrected chi connectivity index (χ1v) is 3.42. The van der Waals surface area contributed by atoms with Crippen LogP contribution in [0.25, 0.3) is 0 Å². The van der Waals surface area contributed by atoms with Crippen molar-refractivity contribution < 1.29 is 30.0 Å². The molecule has 1 aliphatic rings. The third-order valence-electron chi connectivity index (χ3n) is 1.66. The van der Waals surface area contributed by atoms with Gasteiger partial charge in [-0.2, -0.15) is 0 Å². The highest BCUT2D eigenvalue weighted by Crippen LogP contribution is 2.17. The second kappa shape index (κ2) is 3.46. The zero-order valence-corrected chi connectivity index (χ0v) is 6.12. The fourth-order valence-corrected chi connectivity index (χ4v) is 0.977. The number of hydrogen-bond donors (Lipinski definition) is 4. The van der Waals surface area contributed by atoms with Crippen molar-refractivity contribution in [3.8, 4) is 0 Å². The van der Waals surface area contributed by atoms with Crippen LogP contribution in [0.1, 0.15) is 0 Å². The highest BCUT2D eigenvalue weighted by molar-refractivity contribution is 5.89. The second-order valence-electron chi connectivity index (χ2n) is 2.54. The van der Waals surface area contributed by atoms with E-state index in [0.717, 1.165) is 0 Å². The van der Waals surface area contributed by atoms with Crippen molar-refractivity contribution >= 4 is 5.78 Å². The maximum Gasteiger partial charge on any atom is 0.197 e. The number of Topliss-reactive ketones (excluding diaryl/α,β-unsaturated/α-hetero) is 1. The molecule has 0 aliphatic carbocycles. The lowest BCUT2D eigenvalue weighted by atomic mass is 10.1. The highest BCUT2D eigenvalue weighted by Gasteiger charge is 2.44. The van der Waals surface area contributed by atoms with Crippen LogP contribution in [0.4, 0.5) is 0 Å². The molecule has 4 unspecified atom stereocenters. The van der Waals surface area contributed by atoms with Crippen molar-refractivity contribution in [3.63, 3.8) is 0 Å². The monoisotopic (exact) mass is 178 g/mol. The summed E-state index contributed by atoms with van der Waals surface area (Å²) in [6.07, 6.45) is -5.97. The van der Waals surface area contributed by atoms with Gasteiger partial charge in [0.15, 0.2) is 18.2 Å². The minimum Gasteiger partial charge on any atom is -0.394 e. The minimum atomic E-state index is -1.63. The van der Waals surface area contributed by atoms with Gasteiger partial charge < -0.3 is 25.2 Å². The quantitative estimate of drug-likeness (QED) is 0.358. The van der Waals surface area contributed by atoms with Gasteiger partial charge in [-0.05, 0) is 0 Å². The van der Waals surface area contributed by atoms with Crippen LogP contribution < -0.4 is 0 Å². The number of ketones is 1. The molecule has 6 heteroatoms. The lowest BCUT2D eigenvalue weighted by Gasteiger charge is -2.12. The molecule has 0 amide bonds. The molecule has 0 aromatic rings. The number of aliphatic hydroxyl groups excluding tert-OH is 4. The van der Waals surface area contributed by atoms with Crippen molar-refractivity contribution in [1.82, 2.24) is 0 Å². The maximum absolute atomic E-state index is 10.9. The van der Waals surface area contributed by atoms with Crippen LogP contribution in [0.5, 0.6) is 0 Å². The van der Waals surface area contributed by atoms with Gasteiger partial charge in [-0.1, -0.05) is 0 Å². The number of hydrogen-bond acceptors (Lipinski definition) is 6. The summed E-state index contributed by atoms with van der Waals surface area (Å²) >= 11 is 0. The SMILES string of the molecule is O=C1C(O)C(O)OC1C(O)CO. The normalized spacial score (nSPS) is 38.7. The van der Waals surface area contributed by atoms with E-state index < -0.39 is 37.0 Å². The first kappa shape index (κ1) is 9.56. The van der Waals surface area contributed by atoms with Gasteiger partial charge in [-0.15, -0.1) is 0 Å². The van der Waals surface area contributed by atoms with Crippen molar-refractivity contribution in [3.05, 3.63) is 0 Å². The van der Waals surface area contributed by atoms with Crippen LogP contribution in [0.3, 0.4) is 0 Å². The fraction of sp³-hybridized carbons (Fsp3) is 0.833. The molecular formula is C6H10O6. The lowest BCUT2D eigenvalue weighted by molar-refractivity contribution is -0.150. The van der Waals surface area contributed by atoms with Crippen LogP contribution in [-0.4, -0.2) is 57.4 Å². The Bertz CT molecular complexity index is 181. The zero-order chi connectivity index (χ0) is 9.30. The van der Waals surface area contributed by atoms with E-state index >= 15 is 0 Å². The molecule has 0 bridgehead atoms. The van der Waals surface area contributed by atoms with Gasteiger partial charge in [0.1, 0.15) is 12.2 Å². The summed E-state index contributed by atoms with van der Waals surface area (Å²) in [5, 5.41) is 35.0. The molecule has 1 fully saturated rings. The second-order valence-corrected chi connectivity index (χ2v) is 2.54. The number of aliphatic hydroxyl groups is 4. The Morgan fingerprint density at radius 1 is 1.50 bits per heavy atom. The van der Waals surface area contributed by atoms with Crippen LogP contribution >= 0.6 is 0 Å². The van der Waals surface area contributed by atoms with E-state index in [4.69, 9.17) is 20.4 Å². The van der Waals surface area contributed by atoms with Crippen molar-refractivity contribution in [1.29, 1.82) is 0 Å². The van der Waals surface area contributed by atoms with E-state index in [1.807, 2.05) is 0 Å². The molecule has 4 N–H and O–H groups in total. The van der Waals surface area contributed by atoms with Gasteiger partial charge in [0.25, 0.3) is 0 Å². The minimum absolute atomic E-state index is 0.657. The summed E-state index contributed by atoms with van der Waals surface area (Å²) in [7, 11) is 0. The van der Waals surface area contributed by atoms with E-state index in [9.17, 15) is 4.79 Å². The molecule has 0 aromatic heterocycles. The van der Waals surface area contributed by atoms with Gasteiger partial charge in [-0.3, -0.25) is 4.79 Å². The first-order valence-electron chi connectivity index (χ1n) is 3.42. The first-order chi connectivity index (χ1) is 5.57. The fourth-order valence-electron chi connectivity index (χ4n) is 0.977. The van der Waals surface area contributed by atoms with E-state index in [-0.39, 0.29) is 0 Å². The Morgan fingerprint density at radius 3 is 2.42 bits per heavy atom. The van der Waals surface area contributed by atoms with Gasteiger partial charge in [0.05, 0.1) is 6.61 Å². The Hall–Kier alpha value is -0.530. The molecule has 70 valence electrons. The summed E-state index contributed by atoms with van der Waals surface area (Å²) in [6.45, 7) is -0.657. The summed E-state index contributed by atoms with van der Waals surface area (Å²) < 4.78 is 4.48. The molecule has 12 heavy (non-hydrogen) atoms. The van der Waals surface area contributed by atoms with Crippen molar-refractivity contribution in [2.75, 3.05) is 6.61 Å². The average molecular weight is 178 g/mol. The molecular weight excluding hydrogens is 168 g/mol. The Labute approximate surface area is 68.0 Å². The standard InChI is InChI=1S/C6H10O6/c7-1-2(8)5-3(9)4(10)6(11)12-5/h2,4-8,10-11H,1H2. The third-order valence-corrected chi connectivity index (χ3v) is 1.66. The maximum atomic E-state index is 10.9. The molecule has 0 radical (unpaired) electrons. The van der Waals surface area contributed by atoms with Crippen LogP contribution in [-0.2, 0) is 9.53 Å². The summed E-state index contributed by atoms with van der Waals surface area (Å²) in [5.41, 5.74) is 0. The average Bonchev–Trinajstić information content (AvgIpc) is 2.32. The molecule has 6 nitrogen and oxygen atoms in total. The molecule has 0 spiro atoms. The number of ether oxygens (including phenoxy) is 1. The number of rotatable bonds is 2. The predicted octanol–water partition coefficient (Wildman–Crippen LogP) is -3.01. The van der Waals surface area contributed by atoms with Crippen molar-refractivity contribution in [2.24, 2.45) is 0 Å². The molecule has 0 saturated carbocycles. The van der Waals surface area contributed by atoms with E-state index in [1.165, 1.54) is 0 Å². The third kappa shape index (κ3) is 1.47. The van der Waals surface area contributed by atoms with Crippen molar-refractivity contribution in [2.45, 2.75) is 24.6 Å². The van der Waals surface area contributed by atoms with E-state index in [1.54, 1.807) is 0 Å². The summed E-state index contributed by atoms with van der Waals surface area (Å²) in [6, 6.07) is 0. The Kier molecular flexibility index (Phi) is 2.76. The van der Waals surface area contributed by atoms with Gasteiger partial charge >= 0.3 is 0 Å². The molecule has 1 aliphatic heterocycles. The van der Waals surface area contributed by atoms with E-state index in [2.05, 4.69) is 4.74 Å². The topological polar surface area (TPSA) is 107 Å². The smallest absolute Gasteiger partial charge is 0.197 e. The molecule has 1 saturated heterocycles. The molecule has 1 heterocycles. The Balaban J connectivity index is 2.64. The van der Waals surface area contributed by atoms with Gasteiger partial charge in [-0.25, -0.2) is 0 Å². The molecule has 4 atom stereocenters. The zero-order valence-electron chi connectivity index (χ0n) is 6.12. The Morgan fingerprint density at radius 2 is 2.08 bits per heavy atom.